The standard InChI is InChI=1S/C15H24O2S/c1-4-12(2)18-11-14(16)8-5-13-6-9-15(17-3)10-7-13/h6-7,9-10,12,14,16H,4-5,8,11H2,1-3H3. The lowest BCUT2D eigenvalue weighted by Crippen LogP contribution is -2.13. The van der Waals surface area contributed by atoms with Gasteiger partial charge in [0.25, 0.3) is 0 Å². The monoisotopic (exact) mass is 268 g/mol. The van der Waals surface area contributed by atoms with E-state index in [9.17, 15) is 5.11 Å². The van der Waals surface area contributed by atoms with E-state index < -0.39 is 0 Å². The zero-order valence-electron chi connectivity index (χ0n) is 11.6. The van der Waals surface area contributed by atoms with Gasteiger partial charge in [-0.2, -0.15) is 11.8 Å². The largest absolute Gasteiger partial charge is 0.497 e. The van der Waals surface area contributed by atoms with E-state index in [4.69, 9.17) is 4.74 Å². The van der Waals surface area contributed by atoms with E-state index in [-0.39, 0.29) is 6.10 Å². The number of ether oxygens (including phenoxy) is 1. The molecule has 0 radical (unpaired) electrons. The minimum absolute atomic E-state index is 0.203. The lowest BCUT2D eigenvalue weighted by molar-refractivity contribution is 0.189. The fourth-order valence-electron chi connectivity index (χ4n) is 1.60. The molecule has 2 unspecified atom stereocenters. The van der Waals surface area contributed by atoms with Gasteiger partial charge in [0.15, 0.2) is 0 Å². The molecule has 2 nitrogen and oxygen atoms in total. The van der Waals surface area contributed by atoms with Crippen molar-refractivity contribution in [2.24, 2.45) is 0 Å². The number of rotatable bonds is 8. The summed E-state index contributed by atoms with van der Waals surface area (Å²) in [5, 5.41) is 10.5. The van der Waals surface area contributed by atoms with Crippen molar-refractivity contribution in [1.29, 1.82) is 0 Å². The molecule has 0 amide bonds. The first-order valence-electron chi connectivity index (χ1n) is 6.58. The van der Waals surface area contributed by atoms with Crippen molar-refractivity contribution in [3.8, 4) is 5.75 Å². The summed E-state index contributed by atoms with van der Waals surface area (Å²) in [5.74, 6) is 1.72. The number of aliphatic hydroxyl groups excluding tert-OH is 1. The minimum atomic E-state index is -0.203. The number of hydrogen-bond donors (Lipinski definition) is 1. The predicted octanol–water partition coefficient (Wildman–Crippen LogP) is 3.52. The zero-order valence-corrected chi connectivity index (χ0v) is 12.4. The molecule has 0 fully saturated rings. The second kappa shape index (κ2) is 8.44. The van der Waals surface area contributed by atoms with Gasteiger partial charge in [0, 0.05) is 11.0 Å². The Balaban J connectivity index is 2.26. The Bertz CT molecular complexity index is 324. The highest BCUT2D eigenvalue weighted by Crippen LogP contribution is 2.17. The molecule has 0 aromatic heterocycles. The maximum Gasteiger partial charge on any atom is 0.118 e. The van der Waals surface area contributed by atoms with Crippen LogP contribution in [-0.4, -0.2) is 29.3 Å². The van der Waals surface area contributed by atoms with Crippen LogP contribution in [0.5, 0.6) is 5.75 Å². The molecule has 0 bridgehead atoms. The quantitative estimate of drug-likeness (QED) is 0.782. The van der Waals surface area contributed by atoms with Crippen LogP contribution in [0.4, 0.5) is 0 Å². The topological polar surface area (TPSA) is 29.5 Å². The smallest absolute Gasteiger partial charge is 0.118 e. The third kappa shape index (κ3) is 5.78. The highest BCUT2D eigenvalue weighted by molar-refractivity contribution is 7.99. The van der Waals surface area contributed by atoms with Crippen molar-refractivity contribution in [1.82, 2.24) is 0 Å². The molecule has 1 N–H and O–H groups in total. The van der Waals surface area contributed by atoms with Crippen molar-refractivity contribution in [2.45, 2.75) is 44.5 Å². The molecule has 18 heavy (non-hydrogen) atoms. The summed E-state index contributed by atoms with van der Waals surface area (Å²) in [6.45, 7) is 4.39. The highest BCUT2D eigenvalue weighted by atomic mass is 32.2. The van der Waals surface area contributed by atoms with Gasteiger partial charge >= 0.3 is 0 Å². The normalized spacial score (nSPS) is 14.2. The van der Waals surface area contributed by atoms with Gasteiger partial charge in [-0.3, -0.25) is 0 Å². The molecule has 102 valence electrons. The van der Waals surface area contributed by atoms with Crippen molar-refractivity contribution in [3.05, 3.63) is 29.8 Å². The Labute approximate surface area is 115 Å². The van der Waals surface area contributed by atoms with Gasteiger partial charge in [-0.05, 0) is 37.0 Å². The van der Waals surface area contributed by atoms with Crippen LogP contribution in [0.1, 0.15) is 32.3 Å². The molecule has 0 saturated carbocycles. The fraction of sp³-hybridized carbons (Fsp3) is 0.600. The van der Waals surface area contributed by atoms with Crippen molar-refractivity contribution < 1.29 is 9.84 Å². The molecule has 0 saturated heterocycles. The summed E-state index contributed by atoms with van der Waals surface area (Å²) in [7, 11) is 1.67. The Kier molecular flexibility index (Phi) is 7.21. The van der Waals surface area contributed by atoms with Crippen LogP contribution in [0.2, 0.25) is 0 Å². The minimum Gasteiger partial charge on any atom is -0.497 e. The molecular weight excluding hydrogens is 244 g/mol. The number of aryl methyl sites for hydroxylation is 1. The molecule has 2 atom stereocenters. The van der Waals surface area contributed by atoms with E-state index in [1.54, 1.807) is 7.11 Å². The van der Waals surface area contributed by atoms with Crippen LogP contribution in [0.3, 0.4) is 0 Å². The lowest BCUT2D eigenvalue weighted by atomic mass is 10.1. The van der Waals surface area contributed by atoms with Gasteiger partial charge in [0.1, 0.15) is 5.75 Å². The van der Waals surface area contributed by atoms with Crippen LogP contribution in [0.15, 0.2) is 24.3 Å². The maximum absolute atomic E-state index is 9.91. The summed E-state index contributed by atoms with van der Waals surface area (Å²) in [5.41, 5.74) is 1.25. The van der Waals surface area contributed by atoms with Crippen LogP contribution < -0.4 is 4.74 Å². The van der Waals surface area contributed by atoms with Gasteiger partial charge < -0.3 is 9.84 Å². The van der Waals surface area contributed by atoms with E-state index in [0.29, 0.717) is 5.25 Å². The van der Waals surface area contributed by atoms with Gasteiger partial charge in [-0.15, -0.1) is 0 Å². The van der Waals surface area contributed by atoms with E-state index in [1.165, 1.54) is 5.56 Å². The summed E-state index contributed by atoms with van der Waals surface area (Å²) < 4.78 is 5.12. The summed E-state index contributed by atoms with van der Waals surface area (Å²) in [6.07, 6.45) is 2.71. The number of benzene rings is 1. The molecule has 1 rings (SSSR count). The zero-order chi connectivity index (χ0) is 13.4. The Hall–Kier alpha value is -0.670. The number of aliphatic hydroxyl groups is 1. The average Bonchev–Trinajstić information content (AvgIpc) is 2.42. The van der Waals surface area contributed by atoms with E-state index in [0.717, 1.165) is 30.8 Å². The van der Waals surface area contributed by atoms with Crippen LogP contribution in [-0.2, 0) is 6.42 Å². The van der Waals surface area contributed by atoms with Crippen molar-refractivity contribution in [2.75, 3.05) is 12.9 Å². The maximum atomic E-state index is 9.91. The molecule has 0 spiro atoms. The first-order chi connectivity index (χ1) is 8.65. The number of methoxy groups -OCH3 is 1. The van der Waals surface area contributed by atoms with Crippen LogP contribution >= 0.6 is 11.8 Å². The first kappa shape index (κ1) is 15.4. The lowest BCUT2D eigenvalue weighted by Gasteiger charge is -2.13. The third-order valence-corrected chi connectivity index (χ3v) is 4.55. The second-order valence-corrected chi connectivity index (χ2v) is 6.06. The van der Waals surface area contributed by atoms with Crippen LogP contribution in [0, 0.1) is 0 Å². The molecule has 0 aliphatic rings. The van der Waals surface area contributed by atoms with Crippen LogP contribution in [0.25, 0.3) is 0 Å². The first-order valence-corrected chi connectivity index (χ1v) is 7.63. The SMILES string of the molecule is CCC(C)SCC(O)CCc1ccc(OC)cc1. The summed E-state index contributed by atoms with van der Waals surface area (Å²) in [4.78, 5) is 0. The van der Waals surface area contributed by atoms with E-state index in [2.05, 4.69) is 26.0 Å². The highest BCUT2D eigenvalue weighted by Gasteiger charge is 2.07. The number of hydrogen-bond acceptors (Lipinski definition) is 3. The third-order valence-electron chi connectivity index (χ3n) is 3.07. The molecule has 0 aliphatic heterocycles. The average molecular weight is 268 g/mol. The Morgan fingerprint density at radius 1 is 1.28 bits per heavy atom. The molecule has 0 heterocycles. The Morgan fingerprint density at radius 2 is 1.94 bits per heavy atom. The van der Waals surface area contributed by atoms with Crippen molar-refractivity contribution >= 4 is 11.8 Å². The molecule has 3 heteroatoms. The predicted molar refractivity (Wildman–Crippen MR) is 79.5 cm³/mol. The number of thioether (sulfide) groups is 1. The molecule has 0 aliphatic carbocycles. The second-order valence-electron chi connectivity index (χ2n) is 4.59. The van der Waals surface area contributed by atoms with Gasteiger partial charge in [-0.1, -0.05) is 26.0 Å². The summed E-state index contributed by atoms with van der Waals surface area (Å²) in [6, 6.07) is 8.06. The van der Waals surface area contributed by atoms with Crippen molar-refractivity contribution in [3.63, 3.8) is 0 Å². The van der Waals surface area contributed by atoms with Gasteiger partial charge in [-0.25, -0.2) is 0 Å². The molecule has 1 aromatic carbocycles. The molecule has 1 aromatic rings. The van der Waals surface area contributed by atoms with Gasteiger partial charge in [0.05, 0.1) is 13.2 Å². The Morgan fingerprint density at radius 3 is 2.50 bits per heavy atom. The van der Waals surface area contributed by atoms with Gasteiger partial charge in [0.2, 0.25) is 0 Å². The van der Waals surface area contributed by atoms with E-state index in [1.807, 2.05) is 23.9 Å². The molecular formula is C15H24O2S. The van der Waals surface area contributed by atoms with E-state index >= 15 is 0 Å². The fourth-order valence-corrected chi connectivity index (χ4v) is 2.56. The summed E-state index contributed by atoms with van der Waals surface area (Å²) >= 11 is 1.86.